The van der Waals surface area contributed by atoms with Gasteiger partial charge in [0.1, 0.15) is 5.75 Å². The Morgan fingerprint density at radius 2 is 1.74 bits per heavy atom. The van der Waals surface area contributed by atoms with Gasteiger partial charge in [-0.25, -0.2) is 4.98 Å². The molecule has 1 aromatic heterocycles. The van der Waals surface area contributed by atoms with Crippen molar-refractivity contribution in [2.45, 2.75) is 25.4 Å². The number of para-hydroxylation sites is 1. The average molecular weight is 474 g/mol. The molecular formula is C27H27N3O3S. The summed E-state index contributed by atoms with van der Waals surface area (Å²) in [5.74, 6) is 0.868. The molecule has 0 aliphatic rings. The second kappa shape index (κ2) is 10.6. The van der Waals surface area contributed by atoms with Crippen LogP contribution in [0.25, 0.3) is 16.6 Å². The molecule has 1 heterocycles. The summed E-state index contributed by atoms with van der Waals surface area (Å²) in [6.45, 7) is 4.53. The first-order valence-electron chi connectivity index (χ1n) is 11.1. The molecule has 4 aromatic rings. The Morgan fingerprint density at radius 1 is 1.03 bits per heavy atom. The number of rotatable bonds is 8. The maximum atomic E-state index is 13.4. The third-order valence-electron chi connectivity index (χ3n) is 5.44. The summed E-state index contributed by atoms with van der Waals surface area (Å²) in [6, 6.07) is 21.1. The highest BCUT2D eigenvalue weighted by Gasteiger charge is 2.15. The first-order valence-corrected chi connectivity index (χ1v) is 12.1. The van der Waals surface area contributed by atoms with Crippen molar-refractivity contribution in [3.63, 3.8) is 0 Å². The van der Waals surface area contributed by atoms with Crippen LogP contribution in [-0.2, 0) is 11.2 Å². The number of hydrogen-bond donors (Lipinski definition) is 1. The lowest BCUT2D eigenvalue weighted by Gasteiger charge is -2.14. The van der Waals surface area contributed by atoms with Crippen LogP contribution in [0.4, 0.5) is 0 Å². The summed E-state index contributed by atoms with van der Waals surface area (Å²) in [5, 5.41) is 4.00. The molecule has 0 aliphatic carbocycles. The Labute approximate surface area is 203 Å². The lowest BCUT2D eigenvalue weighted by Crippen LogP contribution is -2.28. The van der Waals surface area contributed by atoms with E-state index >= 15 is 0 Å². The van der Waals surface area contributed by atoms with Gasteiger partial charge in [0.05, 0.1) is 29.5 Å². The molecule has 6 nitrogen and oxygen atoms in total. The maximum absolute atomic E-state index is 13.4. The zero-order chi connectivity index (χ0) is 24.1. The molecule has 0 spiro atoms. The molecule has 0 bridgehead atoms. The Balaban J connectivity index is 1.51. The number of nitrogens with one attached hydrogen (secondary N) is 1. The van der Waals surface area contributed by atoms with E-state index in [9.17, 15) is 9.59 Å². The number of amides is 1. The third kappa shape index (κ3) is 5.48. The van der Waals surface area contributed by atoms with Crippen molar-refractivity contribution in [1.29, 1.82) is 0 Å². The minimum absolute atomic E-state index is 0.104. The van der Waals surface area contributed by atoms with E-state index in [1.54, 1.807) is 17.7 Å². The standard InChI is InChI=1S/C27H27N3O3S/c1-18-14-19(2)16-21(15-18)30-26(32)23-6-4-5-7-24(23)29-27(30)34-17-25(31)28-13-12-20-8-10-22(33-3)11-9-20/h4-11,14-16H,12-13,17H2,1-3H3,(H,28,31). The lowest BCUT2D eigenvalue weighted by molar-refractivity contribution is -0.118. The van der Waals surface area contributed by atoms with Gasteiger partial charge < -0.3 is 10.1 Å². The fourth-order valence-corrected chi connectivity index (χ4v) is 4.68. The fraction of sp³-hybridized carbons (Fsp3) is 0.222. The van der Waals surface area contributed by atoms with Gasteiger partial charge in [0.15, 0.2) is 5.16 Å². The van der Waals surface area contributed by atoms with Crippen LogP contribution in [0.2, 0.25) is 0 Å². The quantitative estimate of drug-likeness (QED) is 0.302. The highest BCUT2D eigenvalue weighted by Crippen LogP contribution is 2.22. The van der Waals surface area contributed by atoms with Gasteiger partial charge in [0, 0.05) is 6.54 Å². The Bertz CT molecular complexity index is 1360. The van der Waals surface area contributed by atoms with Gasteiger partial charge in [0.2, 0.25) is 5.91 Å². The van der Waals surface area contributed by atoms with Gasteiger partial charge in [-0.15, -0.1) is 0 Å². The van der Waals surface area contributed by atoms with Crippen LogP contribution in [0.3, 0.4) is 0 Å². The molecule has 0 aliphatic heterocycles. The van der Waals surface area contributed by atoms with Crippen LogP contribution in [0.1, 0.15) is 16.7 Å². The number of carbonyl (C=O) groups excluding carboxylic acids is 1. The van der Waals surface area contributed by atoms with Crippen LogP contribution in [0.5, 0.6) is 5.75 Å². The van der Waals surface area contributed by atoms with Crippen molar-refractivity contribution in [3.05, 3.63) is 93.8 Å². The first-order chi connectivity index (χ1) is 16.4. The zero-order valence-electron chi connectivity index (χ0n) is 19.5. The van der Waals surface area contributed by atoms with E-state index in [-0.39, 0.29) is 17.2 Å². The summed E-state index contributed by atoms with van der Waals surface area (Å²) >= 11 is 1.27. The number of benzene rings is 3. The van der Waals surface area contributed by atoms with E-state index in [1.165, 1.54) is 11.8 Å². The SMILES string of the molecule is COc1ccc(CCNC(=O)CSc2nc3ccccc3c(=O)n2-c2cc(C)cc(C)c2)cc1. The largest absolute Gasteiger partial charge is 0.497 e. The first kappa shape index (κ1) is 23.6. The summed E-state index contributed by atoms with van der Waals surface area (Å²) < 4.78 is 6.78. The second-order valence-electron chi connectivity index (χ2n) is 8.13. The average Bonchev–Trinajstić information content (AvgIpc) is 2.82. The molecule has 3 aromatic carbocycles. The number of methoxy groups -OCH3 is 1. The van der Waals surface area contributed by atoms with E-state index in [0.717, 1.165) is 34.5 Å². The molecule has 1 N–H and O–H groups in total. The number of aromatic nitrogens is 2. The van der Waals surface area contributed by atoms with Crippen LogP contribution in [-0.4, -0.2) is 34.9 Å². The van der Waals surface area contributed by atoms with Crippen molar-refractivity contribution in [3.8, 4) is 11.4 Å². The Morgan fingerprint density at radius 3 is 2.44 bits per heavy atom. The molecule has 0 unspecified atom stereocenters. The van der Waals surface area contributed by atoms with E-state index in [0.29, 0.717) is 22.6 Å². The topological polar surface area (TPSA) is 73.2 Å². The number of carbonyl (C=O) groups is 1. The molecule has 4 rings (SSSR count). The van der Waals surface area contributed by atoms with E-state index in [4.69, 9.17) is 9.72 Å². The number of ether oxygens (including phenoxy) is 1. The molecule has 0 saturated heterocycles. The van der Waals surface area contributed by atoms with Gasteiger partial charge in [-0.2, -0.15) is 0 Å². The summed E-state index contributed by atoms with van der Waals surface area (Å²) in [6.07, 6.45) is 0.724. The van der Waals surface area contributed by atoms with Gasteiger partial charge in [-0.1, -0.05) is 42.1 Å². The molecular weight excluding hydrogens is 446 g/mol. The van der Waals surface area contributed by atoms with Crippen molar-refractivity contribution in [2.75, 3.05) is 19.4 Å². The van der Waals surface area contributed by atoms with Crippen LogP contribution in [0, 0.1) is 13.8 Å². The summed E-state index contributed by atoms with van der Waals surface area (Å²) in [4.78, 5) is 30.7. The number of thioether (sulfide) groups is 1. The molecule has 0 radical (unpaired) electrons. The lowest BCUT2D eigenvalue weighted by atomic mass is 10.1. The number of hydrogen-bond acceptors (Lipinski definition) is 5. The fourth-order valence-electron chi connectivity index (χ4n) is 3.84. The molecule has 0 fully saturated rings. The van der Waals surface area contributed by atoms with E-state index < -0.39 is 0 Å². The van der Waals surface area contributed by atoms with Crippen molar-refractivity contribution < 1.29 is 9.53 Å². The third-order valence-corrected chi connectivity index (χ3v) is 6.38. The van der Waals surface area contributed by atoms with E-state index in [2.05, 4.69) is 11.4 Å². The normalized spacial score (nSPS) is 10.9. The minimum atomic E-state index is -0.141. The van der Waals surface area contributed by atoms with Crippen molar-refractivity contribution in [2.24, 2.45) is 0 Å². The monoisotopic (exact) mass is 473 g/mol. The second-order valence-corrected chi connectivity index (χ2v) is 9.08. The van der Waals surface area contributed by atoms with Gasteiger partial charge >= 0.3 is 0 Å². The predicted molar refractivity (Wildman–Crippen MR) is 137 cm³/mol. The van der Waals surface area contributed by atoms with Gasteiger partial charge in [0.25, 0.3) is 5.56 Å². The van der Waals surface area contributed by atoms with Gasteiger partial charge in [-0.05, 0) is 73.4 Å². The number of nitrogens with zero attached hydrogens (tertiary/aromatic N) is 2. The smallest absolute Gasteiger partial charge is 0.266 e. The van der Waals surface area contributed by atoms with Crippen LogP contribution < -0.4 is 15.6 Å². The molecule has 174 valence electrons. The molecule has 34 heavy (non-hydrogen) atoms. The molecule has 1 amide bonds. The van der Waals surface area contributed by atoms with Crippen molar-refractivity contribution >= 4 is 28.6 Å². The number of aryl methyl sites for hydroxylation is 2. The number of fused-ring (bicyclic) bond motifs is 1. The highest BCUT2D eigenvalue weighted by molar-refractivity contribution is 7.99. The Hall–Kier alpha value is -3.58. The molecule has 7 heteroatoms. The Kier molecular flexibility index (Phi) is 7.33. The van der Waals surface area contributed by atoms with Crippen molar-refractivity contribution in [1.82, 2.24) is 14.9 Å². The predicted octanol–water partition coefficient (Wildman–Crippen LogP) is 4.46. The highest BCUT2D eigenvalue weighted by atomic mass is 32.2. The molecule has 0 saturated carbocycles. The minimum Gasteiger partial charge on any atom is -0.497 e. The van der Waals surface area contributed by atoms with Crippen LogP contribution in [0.15, 0.2) is 76.7 Å². The maximum Gasteiger partial charge on any atom is 0.266 e. The van der Waals surface area contributed by atoms with E-state index in [1.807, 2.05) is 68.4 Å². The summed E-state index contributed by atoms with van der Waals surface area (Å²) in [5.41, 5.74) is 4.47. The molecule has 0 atom stereocenters. The summed E-state index contributed by atoms with van der Waals surface area (Å²) in [7, 11) is 1.64. The zero-order valence-corrected chi connectivity index (χ0v) is 20.3. The van der Waals surface area contributed by atoms with Gasteiger partial charge in [-0.3, -0.25) is 14.2 Å². The van der Waals surface area contributed by atoms with Crippen LogP contribution >= 0.6 is 11.8 Å².